The Morgan fingerprint density at radius 2 is 2.11 bits per heavy atom. The van der Waals surface area contributed by atoms with Gasteiger partial charge in [0.05, 0.1) is 19.0 Å². The molecule has 1 aromatic heterocycles. The number of hydrogen-bond acceptors (Lipinski definition) is 3. The van der Waals surface area contributed by atoms with Gasteiger partial charge in [0.2, 0.25) is 5.88 Å². The number of nitrogens with zero attached hydrogens (tertiary/aromatic N) is 1. The van der Waals surface area contributed by atoms with Crippen molar-refractivity contribution in [2.24, 2.45) is 0 Å². The van der Waals surface area contributed by atoms with Crippen LogP contribution in [0.2, 0.25) is 0 Å². The average molecular weight is 264 g/mol. The second kappa shape index (κ2) is 6.13. The highest BCUT2D eigenvalue weighted by Gasteiger charge is 2.06. The van der Waals surface area contributed by atoms with E-state index < -0.39 is 6.43 Å². The lowest BCUT2D eigenvalue weighted by Crippen LogP contribution is -2.00. The minimum absolute atomic E-state index is 0.0344. The Hall–Kier alpha value is -2.17. The molecule has 5 heteroatoms. The summed E-state index contributed by atoms with van der Waals surface area (Å²) >= 11 is 0. The molecule has 0 aliphatic rings. The summed E-state index contributed by atoms with van der Waals surface area (Å²) in [7, 11) is 1.55. The van der Waals surface area contributed by atoms with Crippen LogP contribution in [-0.2, 0) is 6.54 Å². The molecule has 100 valence electrons. The molecule has 1 heterocycles. The molecule has 0 saturated heterocycles. The van der Waals surface area contributed by atoms with E-state index >= 15 is 0 Å². The van der Waals surface area contributed by atoms with Crippen LogP contribution in [0.4, 0.5) is 14.5 Å². The van der Waals surface area contributed by atoms with Crippen molar-refractivity contribution in [2.45, 2.75) is 13.0 Å². The number of benzene rings is 1. The number of halogens is 2. The zero-order valence-electron chi connectivity index (χ0n) is 10.4. The molecule has 0 spiro atoms. The molecule has 2 aromatic rings. The predicted octanol–water partition coefficient (Wildman–Crippen LogP) is 3.64. The van der Waals surface area contributed by atoms with Gasteiger partial charge in [0.25, 0.3) is 6.43 Å². The van der Waals surface area contributed by atoms with Gasteiger partial charge < -0.3 is 10.1 Å². The van der Waals surface area contributed by atoms with E-state index in [1.807, 2.05) is 6.07 Å². The van der Waals surface area contributed by atoms with Gasteiger partial charge in [-0.3, -0.25) is 0 Å². The molecule has 3 nitrogen and oxygen atoms in total. The molecule has 0 aliphatic heterocycles. The first-order chi connectivity index (χ1) is 9.19. The number of anilines is 1. The Balaban J connectivity index is 1.99. The number of rotatable bonds is 5. The van der Waals surface area contributed by atoms with Gasteiger partial charge in [0, 0.05) is 18.2 Å². The molecule has 0 unspecified atom stereocenters. The molecule has 0 aliphatic carbocycles. The molecule has 2 rings (SSSR count). The van der Waals surface area contributed by atoms with E-state index in [1.165, 1.54) is 12.1 Å². The fourth-order valence-electron chi connectivity index (χ4n) is 1.65. The second-order valence-corrected chi connectivity index (χ2v) is 3.99. The summed E-state index contributed by atoms with van der Waals surface area (Å²) in [6.45, 7) is 0.467. The number of pyridine rings is 1. The van der Waals surface area contributed by atoms with Crippen molar-refractivity contribution in [3.05, 3.63) is 53.7 Å². The third-order valence-electron chi connectivity index (χ3n) is 2.65. The maximum Gasteiger partial charge on any atom is 0.263 e. The van der Waals surface area contributed by atoms with Gasteiger partial charge in [-0.25, -0.2) is 13.8 Å². The minimum atomic E-state index is -2.44. The van der Waals surface area contributed by atoms with Gasteiger partial charge in [-0.05, 0) is 17.7 Å². The number of methoxy groups -OCH3 is 1. The van der Waals surface area contributed by atoms with Crippen molar-refractivity contribution in [3.63, 3.8) is 0 Å². The lowest BCUT2D eigenvalue weighted by molar-refractivity contribution is 0.151. The summed E-state index contributed by atoms with van der Waals surface area (Å²) in [5.41, 5.74) is 1.64. The van der Waals surface area contributed by atoms with Crippen LogP contribution in [0.3, 0.4) is 0 Å². The van der Waals surface area contributed by atoms with Crippen LogP contribution < -0.4 is 10.1 Å². The fourth-order valence-corrected chi connectivity index (χ4v) is 1.65. The smallest absolute Gasteiger partial charge is 0.263 e. The highest BCUT2D eigenvalue weighted by Crippen LogP contribution is 2.20. The minimum Gasteiger partial charge on any atom is -0.481 e. The van der Waals surface area contributed by atoms with Crippen LogP contribution in [0.5, 0.6) is 5.88 Å². The van der Waals surface area contributed by atoms with Gasteiger partial charge in [-0.2, -0.15) is 0 Å². The lowest BCUT2D eigenvalue weighted by atomic mass is 10.1. The number of ether oxygens (including phenoxy) is 1. The molecule has 0 atom stereocenters. The largest absolute Gasteiger partial charge is 0.481 e. The molecule has 0 amide bonds. The van der Waals surface area contributed by atoms with Crippen LogP contribution in [0.1, 0.15) is 17.6 Å². The normalized spacial score (nSPS) is 10.5. The number of hydrogen-bond donors (Lipinski definition) is 1. The zero-order chi connectivity index (χ0) is 13.7. The number of alkyl halides is 2. The molecule has 0 radical (unpaired) electrons. The van der Waals surface area contributed by atoms with Crippen molar-refractivity contribution in [3.8, 4) is 5.88 Å². The molecular formula is C14H14F2N2O. The second-order valence-electron chi connectivity index (χ2n) is 3.99. The lowest BCUT2D eigenvalue weighted by Gasteiger charge is -2.08. The Bertz CT molecular complexity index is 529. The van der Waals surface area contributed by atoms with E-state index in [4.69, 9.17) is 4.74 Å². The van der Waals surface area contributed by atoms with Crippen LogP contribution >= 0.6 is 0 Å². The third kappa shape index (κ3) is 3.64. The summed E-state index contributed by atoms with van der Waals surface area (Å²) < 4.78 is 30.1. The fraction of sp³-hybridized carbons (Fsp3) is 0.214. The van der Waals surface area contributed by atoms with E-state index in [0.29, 0.717) is 12.4 Å². The Morgan fingerprint density at radius 3 is 2.74 bits per heavy atom. The molecule has 0 bridgehead atoms. The Morgan fingerprint density at radius 1 is 1.26 bits per heavy atom. The van der Waals surface area contributed by atoms with Gasteiger partial charge in [0.1, 0.15) is 0 Å². The van der Waals surface area contributed by atoms with Crippen molar-refractivity contribution in [2.75, 3.05) is 12.4 Å². The first-order valence-corrected chi connectivity index (χ1v) is 5.80. The summed E-state index contributed by atoms with van der Waals surface area (Å²) in [6, 6.07) is 9.90. The molecule has 19 heavy (non-hydrogen) atoms. The topological polar surface area (TPSA) is 34.1 Å². The Kier molecular flexibility index (Phi) is 4.28. The predicted molar refractivity (Wildman–Crippen MR) is 69.5 cm³/mol. The van der Waals surface area contributed by atoms with Gasteiger partial charge in [-0.15, -0.1) is 0 Å². The van der Waals surface area contributed by atoms with E-state index in [0.717, 1.165) is 11.3 Å². The maximum absolute atomic E-state index is 12.5. The first kappa shape index (κ1) is 13.3. The van der Waals surface area contributed by atoms with Gasteiger partial charge in [0.15, 0.2) is 0 Å². The van der Waals surface area contributed by atoms with Crippen molar-refractivity contribution in [1.29, 1.82) is 0 Å². The van der Waals surface area contributed by atoms with E-state index in [2.05, 4.69) is 10.3 Å². The van der Waals surface area contributed by atoms with Crippen molar-refractivity contribution < 1.29 is 13.5 Å². The molecular weight excluding hydrogens is 250 g/mol. The van der Waals surface area contributed by atoms with E-state index in [1.54, 1.807) is 31.5 Å². The monoisotopic (exact) mass is 264 g/mol. The van der Waals surface area contributed by atoms with Crippen LogP contribution in [-0.4, -0.2) is 12.1 Å². The SMILES string of the molecule is COc1ccc(NCc2cccc(C(F)F)c2)cn1. The zero-order valence-corrected chi connectivity index (χ0v) is 10.4. The van der Waals surface area contributed by atoms with E-state index in [9.17, 15) is 8.78 Å². The summed E-state index contributed by atoms with van der Waals surface area (Å²) in [4.78, 5) is 4.05. The first-order valence-electron chi connectivity index (χ1n) is 5.80. The number of aromatic nitrogens is 1. The van der Waals surface area contributed by atoms with Crippen LogP contribution in [0.25, 0.3) is 0 Å². The summed E-state index contributed by atoms with van der Waals surface area (Å²) in [5, 5.41) is 3.12. The molecule has 0 saturated carbocycles. The van der Waals surface area contributed by atoms with Gasteiger partial charge in [-0.1, -0.05) is 18.2 Å². The summed E-state index contributed by atoms with van der Waals surface area (Å²) in [5.74, 6) is 0.533. The number of nitrogens with one attached hydrogen (secondary N) is 1. The quantitative estimate of drug-likeness (QED) is 0.895. The van der Waals surface area contributed by atoms with E-state index in [-0.39, 0.29) is 5.56 Å². The van der Waals surface area contributed by atoms with Crippen molar-refractivity contribution in [1.82, 2.24) is 4.98 Å². The van der Waals surface area contributed by atoms with Gasteiger partial charge >= 0.3 is 0 Å². The highest BCUT2D eigenvalue weighted by molar-refractivity contribution is 5.43. The maximum atomic E-state index is 12.5. The van der Waals surface area contributed by atoms with Crippen molar-refractivity contribution >= 4 is 5.69 Å². The Labute approximate surface area is 110 Å². The average Bonchev–Trinajstić information content (AvgIpc) is 2.46. The standard InChI is InChI=1S/C14H14F2N2O/c1-19-13-6-5-12(9-18-13)17-8-10-3-2-4-11(7-10)14(15)16/h2-7,9,14,17H,8H2,1H3. The molecule has 1 N–H and O–H groups in total. The highest BCUT2D eigenvalue weighted by atomic mass is 19.3. The summed E-state index contributed by atoms with van der Waals surface area (Å²) in [6.07, 6.45) is -0.807. The third-order valence-corrected chi connectivity index (χ3v) is 2.65. The van der Waals surface area contributed by atoms with Crippen LogP contribution in [0.15, 0.2) is 42.6 Å². The van der Waals surface area contributed by atoms with Crippen LogP contribution in [0, 0.1) is 0 Å². The molecule has 1 aromatic carbocycles. The molecule has 0 fully saturated rings.